The van der Waals surface area contributed by atoms with Crippen LogP contribution >= 0.6 is 0 Å². The van der Waals surface area contributed by atoms with E-state index in [4.69, 9.17) is 9.15 Å². The molecule has 0 saturated carbocycles. The monoisotopic (exact) mass is 294 g/mol. The van der Waals surface area contributed by atoms with E-state index in [2.05, 4.69) is 4.72 Å². The Hall–Kier alpha value is -1.99. The van der Waals surface area contributed by atoms with Gasteiger partial charge in [-0.1, -0.05) is 12.1 Å². The van der Waals surface area contributed by atoms with Gasteiger partial charge in [0.2, 0.25) is 0 Å². The Morgan fingerprint density at radius 3 is 2.85 bits per heavy atom. The van der Waals surface area contributed by atoms with Gasteiger partial charge in [-0.25, -0.2) is 0 Å². The Morgan fingerprint density at radius 2 is 2.05 bits per heavy atom. The van der Waals surface area contributed by atoms with E-state index in [1.54, 1.807) is 30.3 Å². The Balaban J connectivity index is 1.81. The number of hydrogen-bond donors (Lipinski definition) is 1. The number of para-hydroxylation sites is 2. The van der Waals surface area contributed by atoms with Gasteiger partial charge in [0.15, 0.2) is 0 Å². The molecule has 1 aromatic carbocycles. The summed E-state index contributed by atoms with van der Waals surface area (Å²) in [6, 6.07) is 10.5. The maximum absolute atomic E-state index is 12.4. The molecule has 0 unspecified atom stereocenters. The molecule has 1 aliphatic heterocycles. The number of hydrogen-bond acceptors (Lipinski definition) is 4. The van der Waals surface area contributed by atoms with Gasteiger partial charge in [0.25, 0.3) is 0 Å². The van der Waals surface area contributed by atoms with Crippen LogP contribution in [-0.2, 0) is 16.8 Å². The van der Waals surface area contributed by atoms with Crippen molar-refractivity contribution in [3.8, 4) is 5.75 Å². The van der Waals surface area contributed by atoms with Gasteiger partial charge in [-0.3, -0.25) is 4.31 Å². The third kappa shape index (κ3) is 2.50. The summed E-state index contributed by atoms with van der Waals surface area (Å²) in [6.07, 6.45) is 1.51. The topological polar surface area (TPSA) is 71.8 Å². The quantitative estimate of drug-likeness (QED) is 0.928. The van der Waals surface area contributed by atoms with Crippen molar-refractivity contribution in [1.29, 1.82) is 0 Å². The summed E-state index contributed by atoms with van der Waals surface area (Å²) in [5.74, 6) is 1.14. The number of fused-ring (bicyclic) bond motifs is 1. The first kappa shape index (κ1) is 13.0. The minimum Gasteiger partial charge on any atom is -0.489 e. The molecule has 0 fully saturated rings. The number of benzene rings is 1. The van der Waals surface area contributed by atoms with Gasteiger partial charge < -0.3 is 9.15 Å². The van der Waals surface area contributed by atoms with Gasteiger partial charge in [-0.2, -0.15) is 13.1 Å². The van der Waals surface area contributed by atoms with Gasteiger partial charge in [0, 0.05) is 0 Å². The predicted molar refractivity (Wildman–Crippen MR) is 73.8 cm³/mol. The zero-order valence-electron chi connectivity index (χ0n) is 10.7. The lowest BCUT2D eigenvalue weighted by atomic mass is 10.2. The first-order valence-electron chi connectivity index (χ1n) is 6.18. The van der Waals surface area contributed by atoms with Crippen molar-refractivity contribution >= 4 is 15.9 Å². The molecule has 0 radical (unpaired) electrons. The number of nitrogens with zero attached hydrogens (tertiary/aromatic N) is 1. The fraction of sp³-hybridized carbons (Fsp3) is 0.231. The summed E-state index contributed by atoms with van der Waals surface area (Å²) in [5, 5.41) is 0. The van der Waals surface area contributed by atoms with Crippen LogP contribution in [0.4, 0.5) is 5.69 Å². The van der Waals surface area contributed by atoms with Crippen molar-refractivity contribution in [2.45, 2.75) is 6.54 Å². The number of rotatable bonds is 4. The van der Waals surface area contributed by atoms with Crippen molar-refractivity contribution < 1.29 is 17.6 Å². The summed E-state index contributed by atoms with van der Waals surface area (Å²) in [5.41, 5.74) is 0.547. The van der Waals surface area contributed by atoms with Crippen LogP contribution in [0.5, 0.6) is 5.75 Å². The molecule has 1 N–H and O–H groups in total. The zero-order valence-corrected chi connectivity index (χ0v) is 11.5. The van der Waals surface area contributed by atoms with E-state index in [1.165, 1.54) is 10.6 Å². The normalized spacial score (nSPS) is 14.7. The highest BCUT2D eigenvalue weighted by Crippen LogP contribution is 2.32. The highest BCUT2D eigenvalue weighted by molar-refractivity contribution is 7.90. The summed E-state index contributed by atoms with van der Waals surface area (Å²) >= 11 is 0. The number of furan rings is 1. The molecular weight excluding hydrogens is 280 g/mol. The van der Waals surface area contributed by atoms with Crippen LogP contribution in [0.15, 0.2) is 47.1 Å². The smallest absolute Gasteiger partial charge is 0.302 e. The largest absolute Gasteiger partial charge is 0.489 e. The number of anilines is 1. The van der Waals surface area contributed by atoms with Crippen LogP contribution in [-0.4, -0.2) is 21.6 Å². The molecule has 2 aromatic rings. The van der Waals surface area contributed by atoms with Crippen LogP contribution in [0.1, 0.15) is 5.76 Å². The van der Waals surface area contributed by atoms with Crippen molar-refractivity contribution in [2.24, 2.45) is 0 Å². The second-order valence-electron chi connectivity index (χ2n) is 4.29. The van der Waals surface area contributed by atoms with Crippen LogP contribution in [0.2, 0.25) is 0 Å². The maximum atomic E-state index is 12.4. The first-order valence-corrected chi connectivity index (χ1v) is 7.62. The number of nitrogens with one attached hydrogen (secondary N) is 1. The zero-order chi connectivity index (χ0) is 14.0. The summed E-state index contributed by atoms with van der Waals surface area (Å²) in [4.78, 5) is 0. The van der Waals surface area contributed by atoms with Crippen molar-refractivity contribution in [1.82, 2.24) is 4.72 Å². The Bertz CT molecular complexity index is 682. The van der Waals surface area contributed by atoms with Gasteiger partial charge in [0.05, 0.1) is 25.0 Å². The molecule has 0 atom stereocenters. The number of ether oxygens (including phenoxy) is 1. The average molecular weight is 294 g/mol. The van der Waals surface area contributed by atoms with E-state index < -0.39 is 10.2 Å². The van der Waals surface area contributed by atoms with E-state index in [0.29, 0.717) is 23.8 Å². The molecule has 0 spiro atoms. The van der Waals surface area contributed by atoms with E-state index >= 15 is 0 Å². The predicted octanol–water partition coefficient (Wildman–Crippen LogP) is 1.51. The molecule has 0 bridgehead atoms. The molecular formula is C13H14N2O4S. The first-order chi connectivity index (χ1) is 9.67. The Morgan fingerprint density at radius 1 is 1.20 bits per heavy atom. The van der Waals surface area contributed by atoms with E-state index in [-0.39, 0.29) is 13.1 Å². The Labute approximate surface area is 117 Å². The maximum Gasteiger partial charge on any atom is 0.302 e. The average Bonchev–Trinajstić information content (AvgIpc) is 2.98. The fourth-order valence-electron chi connectivity index (χ4n) is 2.05. The molecule has 7 heteroatoms. The molecule has 3 rings (SSSR count). The van der Waals surface area contributed by atoms with Gasteiger partial charge in [-0.15, -0.1) is 0 Å². The molecule has 2 heterocycles. The highest BCUT2D eigenvalue weighted by Gasteiger charge is 2.28. The van der Waals surface area contributed by atoms with Crippen LogP contribution < -0.4 is 13.8 Å². The lowest BCUT2D eigenvalue weighted by molar-refractivity contribution is 0.315. The lowest BCUT2D eigenvalue weighted by Gasteiger charge is -2.30. The molecule has 106 valence electrons. The summed E-state index contributed by atoms with van der Waals surface area (Å²) < 4.78 is 39.1. The van der Waals surface area contributed by atoms with Crippen molar-refractivity contribution in [2.75, 3.05) is 17.5 Å². The lowest BCUT2D eigenvalue weighted by Crippen LogP contribution is -2.44. The van der Waals surface area contributed by atoms with Gasteiger partial charge >= 0.3 is 10.2 Å². The molecule has 0 amide bonds. The highest BCUT2D eigenvalue weighted by atomic mass is 32.2. The van der Waals surface area contributed by atoms with Crippen LogP contribution in [0.25, 0.3) is 0 Å². The third-order valence-corrected chi connectivity index (χ3v) is 4.45. The fourth-order valence-corrected chi connectivity index (χ4v) is 3.25. The van der Waals surface area contributed by atoms with Crippen molar-refractivity contribution in [3.05, 3.63) is 48.4 Å². The second kappa shape index (κ2) is 5.18. The molecule has 20 heavy (non-hydrogen) atoms. The van der Waals surface area contributed by atoms with Crippen LogP contribution in [0.3, 0.4) is 0 Å². The molecule has 1 aromatic heterocycles. The standard InChI is InChI=1S/C13H14N2O4S/c16-20(17,14-10-11-4-3-8-18-11)15-7-9-19-13-6-2-1-5-12(13)15/h1-6,8,14H,7,9-10H2. The van der Waals surface area contributed by atoms with E-state index in [0.717, 1.165) is 0 Å². The molecule has 1 aliphatic rings. The Kier molecular flexibility index (Phi) is 3.37. The minimum absolute atomic E-state index is 0.120. The van der Waals surface area contributed by atoms with Gasteiger partial charge in [0.1, 0.15) is 18.1 Å². The molecule has 0 aliphatic carbocycles. The van der Waals surface area contributed by atoms with E-state index in [1.807, 2.05) is 6.07 Å². The van der Waals surface area contributed by atoms with Crippen molar-refractivity contribution in [3.63, 3.8) is 0 Å². The second-order valence-corrected chi connectivity index (χ2v) is 5.97. The van der Waals surface area contributed by atoms with E-state index in [9.17, 15) is 8.42 Å². The summed E-state index contributed by atoms with van der Waals surface area (Å²) in [6.45, 7) is 0.734. The SMILES string of the molecule is O=S(=O)(NCc1ccco1)N1CCOc2ccccc21. The van der Waals surface area contributed by atoms with Crippen LogP contribution in [0, 0.1) is 0 Å². The summed E-state index contributed by atoms with van der Waals surface area (Å²) in [7, 11) is -3.63. The third-order valence-electron chi connectivity index (χ3n) is 2.98. The molecule has 0 saturated heterocycles. The van der Waals surface area contributed by atoms with Gasteiger partial charge in [-0.05, 0) is 24.3 Å². The minimum atomic E-state index is -3.63. The molecule has 6 nitrogen and oxygen atoms in total.